The minimum atomic E-state index is -0.863. The Morgan fingerprint density at radius 2 is 1.75 bits per heavy atom. The van der Waals surface area contributed by atoms with Gasteiger partial charge in [0.25, 0.3) is 0 Å². The fourth-order valence-corrected chi connectivity index (χ4v) is 3.88. The molecule has 0 fully saturated rings. The SMILES string of the molecule is COC(=O)c1cc2c(N)c(C(=O)c3ccc(C)cc3)sc2nc1C(OC)OC. The van der Waals surface area contributed by atoms with E-state index < -0.39 is 12.3 Å². The third-order valence-corrected chi connectivity index (χ3v) is 5.44. The summed E-state index contributed by atoms with van der Waals surface area (Å²) >= 11 is 1.16. The van der Waals surface area contributed by atoms with Crippen LogP contribution in [0.4, 0.5) is 5.69 Å². The standard InChI is InChI=1S/C20H20N2O5S/c1-10-5-7-11(8-6-10)16(23)17-14(21)12-9-13(19(24)25-2)15(20(26-3)27-4)22-18(12)28-17/h5-9,20H,21H2,1-4H3. The number of aromatic nitrogens is 1. The number of nitrogens with zero attached hydrogens (tertiary/aromatic N) is 1. The molecule has 0 spiro atoms. The first kappa shape index (κ1) is 19.9. The van der Waals surface area contributed by atoms with Gasteiger partial charge in [-0.1, -0.05) is 29.8 Å². The zero-order chi connectivity index (χ0) is 20.4. The molecule has 0 aliphatic heterocycles. The van der Waals surface area contributed by atoms with Crippen molar-refractivity contribution in [2.45, 2.75) is 13.2 Å². The van der Waals surface area contributed by atoms with Crippen LogP contribution in [-0.2, 0) is 14.2 Å². The van der Waals surface area contributed by atoms with Crippen molar-refractivity contribution in [1.29, 1.82) is 0 Å². The maximum Gasteiger partial charge on any atom is 0.339 e. The lowest BCUT2D eigenvalue weighted by molar-refractivity contribution is -0.108. The number of benzene rings is 1. The van der Waals surface area contributed by atoms with Crippen LogP contribution in [0, 0.1) is 6.92 Å². The van der Waals surface area contributed by atoms with E-state index in [1.165, 1.54) is 21.3 Å². The highest BCUT2D eigenvalue weighted by molar-refractivity contribution is 7.21. The lowest BCUT2D eigenvalue weighted by Crippen LogP contribution is -2.14. The Hall–Kier alpha value is -2.81. The molecule has 3 aromatic rings. The summed E-state index contributed by atoms with van der Waals surface area (Å²) in [6.07, 6.45) is -0.863. The Morgan fingerprint density at radius 1 is 1.11 bits per heavy atom. The van der Waals surface area contributed by atoms with E-state index in [1.807, 2.05) is 19.1 Å². The van der Waals surface area contributed by atoms with Gasteiger partial charge < -0.3 is 19.9 Å². The van der Waals surface area contributed by atoms with Gasteiger partial charge >= 0.3 is 5.97 Å². The molecular formula is C20H20N2O5S. The first-order valence-corrected chi connectivity index (χ1v) is 9.21. The first-order chi connectivity index (χ1) is 13.4. The van der Waals surface area contributed by atoms with Crippen molar-refractivity contribution >= 4 is 39.0 Å². The van der Waals surface area contributed by atoms with Gasteiger partial charge in [0.05, 0.1) is 18.4 Å². The highest BCUT2D eigenvalue weighted by Gasteiger charge is 2.26. The second kappa shape index (κ2) is 8.05. The number of fused-ring (bicyclic) bond motifs is 1. The third-order valence-electron chi connectivity index (χ3n) is 4.33. The van der Waals surface area contributed by atoms with Gasteiger partial charge in [-0.15, -0.1) is 11.3 Å². The second-order valence-corrected chi connectivity index (χ2v) is 7.11. The molecule has 2 heterocycles. The van der Waals surface area contributed by atoms with E-state index in [-0.39, 0.29) is 22.7 Å². The molecular weight excluding hydrogens is 380 g/mol. The molecule has 2 aromatic heterocycles. The number of nitrogen functional groups attached to an aromatic ring is 1. The van der Waals surface area contributed by atoms with Gasteiger partial charge in [-0.3, -0.25) is 4.79 Å². The van der Waals surface area contributed by atoms with Crippen LogP contribution in [0.25, 0.3) is 10.2 Å². The van der Waals surface area contributed by atoms with Crippen molar-refractivity contribution < 1.29 is 23.8 Å². The van der Waals surface area contributed by atoms with Crippen molar-refractivity contribution in [3.8, 4) is 0 Å². The number of ether oxygens (including phenoxy) is 3. The van der Waals surface area contributed by atoms with Crippen molar-refractivity contribution in [2.24, 2.45) is 0 Å². The summed E-state index contributed by atoms with van der Waals surface area (Å²) in [5.74, 6) is -0.794. The molecule has 146 valence electrons. The van der Waals surface area contributed by atoms with Crippen molar-refractivity contribution in [2.75, 3.05) is 27.1 Å². The summed E-state index contributed by atoms with van der Waals surface area (Å²) in [4.78, 5) is 30.5. The lowest BCUT2D eigenvalue weighted by atomic mass is 10.1. The van der Waals surface area contributed by atoms with E-state index in [0.717, 1.165) is 16.9 Å². The zero-order valence-electron chi connectivity index (χ0n) is 15.9. The monoisotopic (exact) mass is 400 g/mol. The quantitative estimate of drug-likeness (QED) is 0.384. The minimum Gasteiger partial charge on any atom is -0.465 e. The van der Waals surface area contributed by atoms with E-state index in [2.05, 4.69) is 4.98 Å². The number of methoxy groups -OCH3 is 3. The first-order valence-electron chi connectivity index (χ1n) is 8.39. The van der Waals surface area contributed by atoms with Crippen LogP contribution in [0.15, 0.2) is 30.3 Å². The largest absolute Gasteiger partial charge is 0.465 e. The van der Waals surface area contributed by atoms with Crippen LogP contribution < -0.4 is 5.73 Å². The number of rotatable bonds is 6. The number of thiophene rings is 1. The van der Waals surface area contributed by atoms with E-state index in [1.54, 1.807) is 18.2 Å². The summed E-state index contributed by atoms with van der Waals surface area (Å²) in [6.45, 7) is 1.95. The molecule has 0 saturated heterocycles. The number of hydrogen-bond donors (Lipinski definition) is 1. The molecule has 2 N–H and O–H groups in total. The molecule has 0 aliphatic carbocycles. The fraction of sp³-hybridized carbons (Fsp3) is 0.250. The molecule has 0 atom stereocenters. The highest BCUT2D eigenvalue weighted by atomic mass is 32.1. The number of aryl methyl sites for hydroxylation is 1. The Labute approximate surface area is 166 Å². The van der Waals surface area contributed by atoms with Gasteiger partial charge in [-0.2, -0.15) is 0 Å². The smallest absolute Gasteiger partial charge is 0.339 e. The topological polar surface area (TPSA) is 101 Å². The number of nitrogens with two attached hydrogens (primary N) is 1. The number of carbonyl (C=O) groups excluding carboxylic acids is 2. The molecule has 8 heteroatoms. The maximum atomic E-state index is 12.9. The second-order valence-electron chi connectivity index (χ2n) is 6.11. The van der Waals surface area contributed by atoms with E-state index in [9.17, 15) is 9.59 Å². The average molecular weight is 400 g/mol. The normalized spacial score (nSPS) is 11.2. The number of hydrogen-bond acceptors (Lipinski definition) is 8. The predicted octanol–water partition coefficient (Wildman–Crippen LogP) is 3.50. The summed E-state index contributed by atoms with van der Waals surface area (Å²) in [7, 11) is 4.15. The fourth-order valence-electron chi connectivity index (χ4n) is 2.83. The van der Waals surface area contributed by atoms with Gasteiger partial charge in [-0.25, -0.2) is 9.78 Å². The molecule has 3 rings (SSSR count). The minimum absolute atomic E-state index is 0.169. The molecule has 0 unspecified atom stereocenters. The van der Waals surface area contributed by atoms with Crippen LogP contribution >= 0.6 is 11.3 Å². The summed E-state index contributed by atoms with van der Waals surface area (Å²) in [5.41, 5.74) is 8.54. The third kappa shape index (κ3) is 3.49. The Kier molecular flexibility index (Phi) is 5.73. The number of anilines is 1. The van der Waals surface area contributed by atoms with Crippen LogP contribution in [0.3, 0.4) is 0 Å². The zero-order valence-corrected chi connectivity index (χ0v) is 16.8. The van der Waals surface area contributed by atoms with Crippen molar-refractivity contribution in [1.82, 2.24) is 4.98 Å². The van der Waals surface area contributed by atoms with Crippen LogP contribution in [0.2, 0.25) is 0 Å². The van der Waals surface area contributed by atoms with Gasteiger partial charge in [0.2, 0.25) is 12.1 Å². The van der Waals surface area contributed by atoms with Crippen molar-refractivity contribution in [3.63, 3.8) is 0 Å². The van der Waals surface area contributed by atoms with E-state index in [4.69, 9.17) is 19.9 Å². The van der Waals surface area contributed by atoms with Crippen molar-refractivity contribution in [3.05, 3.63) is 57.6 Å². The van der Waals surface area contributed by atoms with Gasteiger partial charge in [0.15, 0.2) is 0 Å². The van der Waals surface area contributed by atoms with Gasteiger partial charge in [-0.05, 0) is 13.0 Å². The van der Waals surface area contributed by atoms with E-state index in [0.29, 0.717) is 20.7 Å². The highest BCUT2D eigenvalue weighted by Crippen LogP contribution is 2.36. The molecule has 1 aromatic carbocycles. The van der Waals surface area contributed by atoms with Gasteiger partial charge in [0, 0.05) is 25.2 Å². The predicted molar refractivity (Wildman–Crippen MR) is 107 cm³/mol. The lowest BCUT2D eigenvalue weighted by Gasteiger charge is -2.15. The van der Waals surface area contributed by atoms with Gasteiger partial charge in [0.1, 0.15) is 15.4 Å². The average Bonchev–Trinajstić information content (AvgIpc) is 3.03. The molecule has 0 saturated carbocycles. The van der Waals surface area contributed by atoms with Crippen LogP contribution in [0.1, 0.15) is 43.1 Å². The number of pyridine rings is 1. The van der Waals surface area contributed by atoms with E-state index >= 15 is 0 Å². The molecule has 0 radical (unpaired) electrons. The Bertz CT molecular complexity index is 1040. The molecule has 7 nitrogen and oxygen atoms in total. The van der Waals surface area contributed by atoms with Crippen LogP contribution in [0.5, 0.6) is 0 Å². The molecule has 0 amide bonds. The Morgan fingerprint density at radius 3 is 2.32 bits per heavy atom. The number of carbonyl (C=O) groups is 2. The number of esters is 1. The molecule has 28 heavy (non-hydrogen) atoms. The molecule has 0 bridgehead atoms. The Balaban J connectivity index is 2.18. The summed E-state index contributed by atoms with van der Waals surface area (Å²) < 4.78 is 15.3. The number of ketones is 1. The maximum absolute atomic E-state index is 12.9. The van der Waals surface area contributed by atoms with Crippen LogP contribution in [-0.4, -0.2) is 38.1 Å². The molecule has 0 aliphatic rings. The summed E-state index contributed by atoms with van der Waals surface area (Å²) in [6, 6.07) is 8.80. The summed E-state index contributed by atoms with van der Waals surface area (Å²) in [5, 5.41) is 0.510.